The molecule has 0 aromatic carbocycles. The molecule has 1 amide bonds. The topological polar surface area (TPSA) is 64.1 Å². The van der Waals surface area contributed by atoms with Crippen LogP contribution in [0, 0.1) is 6.92 Å². The lowest BCUT2D eigenvalue weighted by atomic mass is 10.3. The van der Waals surface area contributed by atoms with Crippen molar-refractivity contribution in [3.05, 3.63) is 45.4 Å². The molecule has 3 aromatic rings. The van der Waals surface area contributed by atoms with Gasteiger partial charge < -0.3 is 10.1 Å². The van der Waals surface area contributed by atoms with Gasteiger partial charge in [0.15, 0.2) is 0 Å². The number of aromatic nitrogens is 2. The Balaban J connectivity index is 1.87. The second-order valence-electron chi connectivity index (χ2n) is 4.55. The molecule has 0 saturated heterocycles. The molecule has 0 aliphatic rings. The van der Waals surface area contributed by atoms with Gasteiger partial charge in [-0.25, -0.2) is 9.97 Å². The van der Waals surface area contributed by atoms with Gasteiger partial charge in [0.1, 0.15) is 15.6 Å². The first-order valence-corrected chi connectivity index (χ1v) is 8.63. The highest BCUT2D eigenvalue weighted by Gasteiger charge is 2.18. The van der Waals surface area contributed by atoms with Gasteiger partial charge in [0.05, 0.1) is 22.0 Å². The number of nitrogens with one attached hydrogen (secondary N) is 1. The fourth-order valence-electron chi connectivity index (χ4n) is 1.97. The van der Waals surface area contributed by atoms with Gasteiger partial charge in [-0.2, -0.15) is 0 Å². The van der Waals surface area contributed by atoms with Crippen molar-refractivity contribution in [3.63, 3.8) is 0 Å². The highest BCUT2D eigenvalue weighted by atomic mass is 35.5. The number of amides is 1. The Morgan fingerprint density at radius 3 is 2.83 bits per heavy atom. The molecule has 23 heavy (non-hydrogen) atoms. The molecule has 0 saturated carbocycles. The fourth-order valence-corrected chi connectivity index (χ4v) is 4.03. The molecule has 0 atom stereocenters. The standard InChI is InChI=1S/C15H12ClN3O2S2/c1-8-12(23-15(18-8)10-5-6-11(16)22-10)13(20)19-9-4-3-7-17-14(9)21-2/h3-7H,1-2H3,(H,19,20). The molecule has 118 valence electrons. The van der Waals surface area contributed by atoms with Crippen LogP contribution in [0.5, 0.6) is 5.88 Å². The van der Waals surface area contributed by atoms with E-state index in [9.17, 15) is 4.79 Å². The van der Waals surface area contributed by atoms with E-state index >= 15 is 0 Å². The molecule has 0 aliphatic carbocycles. The highest BCUT2D eigenvalue weighted by Crippen LogP contribution is 2.35. The van der Waals surface area contributed by atoms with Crippen LogP contribution in [0.1, 0.15) is 15.4 Å². The largest absolute Gasteiger partial charge is 0.480 e. The van der Waals surface area contributed by atoms with Gasteiger partial charge in [-0.1, -0.05) is 11.6 Å². The van der Waals surface area contributed by atoms with Crippen LogP contribution in [-0.4, -0.2) is 23.0 Å². The van der Waals surface area contributed by atoms with Crippen LogP contribution >= 0.6 is 34.3 Å². The highest BCUT2D eigenvalue weighted by molar-refractivity contribution is 7.24. The molecule has 1 N–H and O–H groups in total. The molecule has 0 spiro atoms. The average Bonchev–Trinajstić information content (AvgIpc) is 3.13. The summed E-state index contributed by atoms with van der Waals surface area (Å²) in [5.41, 5.74) is 1.20. The number of methoxy groups -OCH3 is 1. The summed E-state index contributed by atoms with van der Waals surface area (Å²) in [5.74, 6) is 0.133. The minimum Gasteiger partial charge on any atom is -0.480 e. The van der Waals surface area contributed by atoms with Gasteiger partial charge >= 0.3 is 0 Å². The van der Waals surface area contributed by atoms with E-state index in [1.807, 2.05) is 19.1 Å². The van der Waals surface area contributed by atoms with Crippen LogP contribution in [-0.2, 0) is 0 Å². The van der Waals surface area contributed by atoms with Gasteiger partial charge in [-0.15, -0.1) is 22.7 Å². The molecule has 0 bridgehead atoms. The first-order chi connectivity index (χ1) is 11.1. The zero-order chi connectivity index (χ0) is 16.4. The maximum atomic E-state index is 12.5. The average molecular weight is 366 g/mol. The van der Waals surface area contributed by atoms with Crippen LogP contribution in [0.3, 0.4) is 0 Å². The van der Waals surface area contributed by atoms with E-state index in [4.69, 9.17) is 16.3 Å². The van der Waals surface area contributed by atoms with Gasteiger partial charge in [0.2, 0.25) is 5.88 Å². The lowest BCUT2D eigenvalue weighted by Crippen LogP contribution is -2.12. The van der Waals surface area contributed by atoms with Crippen LogP contribution in [0.25, 0.3) is 9.88 Å². The summed E-state index contributed by atoms with van der Waals surface area (Å²) >= 11 is 8.73. The molecule has 5 nitrogen and oxygen atoms in total. The number of hydrogen-bond donors (Lipinski definition) is 1. The summed E-state index contributed by atoms with van der Waals surface area (Å²) in [4.78, 5) is 22.5. The first kappa shape index (κ1) is 15.9. The summed E-state index contributed by atoms with van der Waals surface area (Å²) < 4.78 is 5.83. The number of thiophene rings is 1. The van der Waals surface area contributed by atoms with Crippen molar-refractivity contribution in [1.82, 2.24) is 9.97 Å². The number of hydrogen-bond acceptors (Lipinski definition) is 6. The van der Waals surface area contributed by atoms with Crippen LogP contribution in [0.15, 0.2) is 30.5 Å². The number of anilines is 1. The predicted octanol–water partition coefficient (Wildman–Crippen LogP) is 4.49. The number of pyridine rings is 1. The van der Waals surface area contributed by atoms with Gasteiger partial charge in [-0.3, -0.25) is 4.79 Å². The summed E-state index contributed by atoms with van der Waals surface area (Å²) in [5, 5.41) is 3.59. The number of aryl methyl sites for hydroxylation is 1. The number of carbonyl (C=O) groups is 1. The van der Waals surface area contributed by atoms with E-state index in [0.29, 0.717) is 26.5 Å². The molecular weight excluding hydrogens is 354 g/mol. The van der Waals surface area contributed by atoms with Gasteiger partial charge in [0, 0.05) is 6.20 Å². The molecule has 3 heterocycles. The second kappa shape index (κ2) is 6.66. The smallest absolute Gasteiger partial charge is 0.267 e. The molecule has 0 radical (unpaired) electrons. The lowest BCUT2D eigenvalue weighted by Gasteiger charge is -2.07. The molecule has 3 rings (SSSR count). The molecule has 0 unspecified atom stereocenters. The quantitative estimate of drug-likeness (QED) is 0.739. The van der Waals surface area contributed by atoms with Crippen molar-refractivity contribution >= 4 is 45.9 Å². The van der Waals surface area contributed by atoms with Crippen LogP contribution < -0.4 is 10.1 Å². The number of carbonyl (C=O) groups excluding carboxylic acids is 1. The molecule has 0 fully saturated rings. The Morgan fingerprint density at radius 2 is 2.13 bits per heavy atom. The van der Waals surface area contributed by atoms with Gasteiger partial charge in [0.25, 0.3) is 5.91 Å². The third-order valence-corrected chi connectivity index (χ3v) is 5.56. The monoisotopic (exact) mass is 365 g/mol. The minimum absolute atomic E-state index is 0.236. The molecule has 3 aromatic heterocycles. The Kier molecular flexibility index (Phi) is 4.61. The third-order valence-electron chi connectivity index (χ3n) is 3.00. The number of ether oxygens (including phenoxy) is 1. The summed E-state index contributed by atoms with van der Waals surface area (Å²) in [6.45, 7) is 1.81. The zero-order valence-electron chi connectivity index (χ0n) is 12.3. The maximum absolute atomic E-state index is 12.5. The van der Waals surface area contributed by atoms with E-state index in [1.54, 1.807) is 18.3 Å². The maximum Gasteiger partial charge on any atom is 0.267 e. The van der Waals surface area contributed by atoms with E-state index in [1.165, 1.54) is 29.8 Å². The Morgan fingerprint density at radius 1 is 1.30 bits per heavy atom. The SMILES string of the molecule is COc1ncccc1NC(=O)c1sc(-c2ccc(Cl)s2)nc1C. The predicted molar refractivity (Wildman–Crippen MR) is 93.9 cm³/mol. The van der Waals surface area contributed by atoms with E-state index < -0.39 is 0 Å². The van der Waals surface area contributed by atoms with E-state index in [0.717, 1.165) is 9.88 Å². The van der Waals surface area contributed by atoms with E-state index in [-0.39, 0.29) is 5.91 Å². The Bertz CT molecular complexity index is 860. The Hall–Kier alpha value is -1.96. The van der Waals surface area contributed by atoms with Crippen molar-refractivity contribution < 1.29 is 9.53 Å². The third kappa shape index (κ3) is 3.36. The molecule has 8 heteroatoms. The van der Waals surface area contributed by atoms with Crippen molar-refractivity contribution in [2.24, 2.45) is 0 Å². The van der Waals surface area contributed by atoms with Crippen molar-refractivity contribution in [1.29, 1.82) is 0 Å². The Labute approximate surface area is 145 Å². The number of nitrogens with zero attached hydrogens (tertiary/aromatic N) is 2. The van der Waals surface area contributed by atoms with Crippen molar-refractivity contribution in [2.45, 2.75) is 6.92 Å². The van der Waals surface area contributed by atoms with E-state index in [2.05, 4.69) is 15.3 Å². The van der Waals surface area contributed by atoms with Crippen LogP contribution in [0.4, 0.5) is 5.69 Å². The normalized spacial score (nSPS) is 10.6. The number of rotatable bonds is 4. The number of thiazole rings is 1. The summed E-state index contributed by atoms with van der Waals surface area (Å²) in [6, 6.07) is 7.19. The van der Waals surface area contributed by atoms with Crippen LogP contribution in [0.2, 0.25) is 4.34 Å². The molecule has 0 aliphatic heterocycles. The van der Waals surface area contributed by atoms with Gasteiger partial charge in [-0.05, 0) is 31.2 Å². The summed E-state index contributed by atoms with van der Waals surface area (Å²) in [6.07, 6.45) is 1.60. The lowest BCUT2D eigenvalue weighted by molar-refractivity contribution is 0.102. The van der Waals surface area contributed by atoms with Crippen molar-refractivity contribution in [2.75, 3.05) is 12.4 Å². The molecular formula is C15H12ClN3O2S2. The fraction of sp³-hybridized carbons (Fsp3) is 0.133. The second-order valence-corrected chi connectivity index (χ2v) is 7.27. The summed E-state index contributed by atoms with van der Waals surface area (Å²) in [7, 11) is 1.51. The van der Waals surface area contributed by atoms with Crippen molar-refractivity contribution in [3.8, 4) is 15.8 Å². The first-order valence-electron chi connectivity index (χ1n) is 6.62. The minimum atomic E-state index is -0.236. The zero-order valence-corrected chi connectivity index (χ0v) is 14.7. The number of halogens is 1.